The Hall–Kier alpha value is -1.56. The third-order valence-corrected chi connectivity index (χ3v) is 4.94. The summed E-state index contributed by atoms with van der Waals surface area (Å²) in [6, 6.07) is 13.1. The Morgan fingerprint density at radius 3 is 2.50 bits per heavy atom. The second-order valence-electron chi connectivity index (χ2n) is 6.21. The Kier molecular flexibility index (Phi) is 5.13. The zero-order chi connectivity index (χ0) is 17.3. The van der Waals surface area contributed by atoms with Crippen molar-refractivity contribution in [1.29, 1.82) is 0 Å². The highest BCUT2D eigenvalue weighted by Gasteiger charge is 2.29. The number of hydrogen-bond donors (Lipinski definition) is 1. The summed E-state index contributed by atoms with van der Waals surface area (Å²) in [5.41, 5.74) is 7.31. The highest BCUT2D eigenvalue weighted by Crippen LogP contribution is 2.39. The zero-order valence-corrected chi connectivity index (χ0v) is 16.1. The molecule has 3 rings (SSSR count). The fraction of sp³-hybridized carbons (Fsp3) is 0.368. The van der Waals surface area contributed by atoms with Crippen LogP contribution in [0.2, 0.25) is 0 Å². The highest BCUT2D eigenvalue weighted by atomic mass is 79.9. The Bertz CT molecular complexity index is 735. The molecule has 2 aromatic carbocycles. The van der Waals surface area contributed by atoms with E-state index in [1.165, 1.54) is 16.7 Å². The van der Waals surface area contributed by atoms with Crippen LogP contribution >= 0.6 is 15.9 Å². The maximum atomic E-state index is 5.54. The summed E-state index contributed by atoms with van der Waals surface area (Å²) in [6.45, 7) is 2.19. The first-order valence-electron chi connectivity index (χ1n) is 8.02. The second kappa shape index (κ2) is 7.13. The molecular weight excluding hydrogens is 368 g/mol. The van der Waals surface area contributed by atoms with Gasteiger partial charge in [-0.25, -0.2) is 5.01 Å². The van der Waals surface area contributed by atoms with Gasteiger partial charge in [0.2, 0.25) is 0 Å². The molecule has 0 radical (unpaired) electrons. The molecule has 0 saturated heterocycles. The standard InChI is InChI=1S/C19H23BrN2O2/c1-12-8-14-10-17(23-3)18(24-4)11-16(14)19(22(2)21-12)13-6-5-7-15(20)9-13/h5-7,9-12,19,21H,8H2,1-4H3. The van der Waals surface area contributed by atoms with Crippen LogP contribution in [0.4, 0.5) is 0 Å². The Morgan fingerprint density at radius 1 is 1.12 bits per heavy atom. The van der Waals surface area contributed by atoms with E-state index >= 15 is 0 Å². The summed E-state index contributed by atoms with van der Waals surface area (Å²) in [4.78, 5) is 0. The third-order valence-electron chi connectivity index (χ3n) is 4.44. The number of fused-ring (bicyclic) bond motifs is 1. The van der Waals surface area contributed by atoms with Gasteiger partial charge in [-0.05, 0) is 54.3 Å². The maximum absolute atomic E-state index is 5.54. The van der Waals surface area contributed by atoms with E-state index in [1.54, 1.807) is 14.2 Å². The fourth-order valence-corrected chi connectivity index (χ4v) is 3.87. The maximum Gasteiger partial charge on any atom is 0.161 e. The SMILES string of the molecule is COc1cc2c(cc1OC)C(c1cccc(Br)c1)N(C)NC(C)C2. The average molecular weight is 391 g/mol. The smallest absolute Gasteiger partial charge is 0.161 e. The molecule has 5 heteroatoms. The first-order chi connectivity index (χ1) is 11.5. The molecule has 1 aliphatic rings. The summed E-state index contributed by atoms with van der Waals surface area (Å²) in [7, 11) is 5.45. The van der Waals surface area contributed by atoms with Crippen LogP contribution in [0.25, 0.3) is 0 Å². The number of methoxy groups -OCH3 is 2. The minimum Gasteiger partial charge on any atom is -0.493 e. The van der Waals surface area contributed by atoms with Gasteiger partial charge in [0.1, 0.15) is 0 Å². The topological polar surface area (TPSA) is 33.7 Å². The molecular formula is C19H23BrN2O2. The van der Waals surface area contributed by atoms with Crippen molar-refractivity contribution >= 4 is 15.9 Å². The summed E-state index contributed by atoms with van der Waals surface area (Å²) in [5.74, 6) is 1.54. The van der Waals surface area contributed by atoms with Gasteiger partial charge >= 0.3 is 0 Å². The molecule has 0 aliphatic carbocycles. The molecule has 1 N–H and O–H groups in total. The first kappa shape index (κ1) is 17.3. The van der Waals surface area contributed by atoms with Crippen molar-refractivity contribution in [3.8, 4) is 11.5 Å². The minimum absolute atomic E-state index is 0.0993. The van der Waals surface area contributed by atoms with E-state index in [0.717, 1.165) is 22.4 Å². The van der Waals surface area contributed by atoms with Crippen molar-refractivity contribution in [3.63, 3.8) is 0 Å². The predicted molar refractivity (Wildman–Crippen MR) is 99.6 cm³/mol. The monoisotopic (exact) mass is 390 g/mol. The molecule has 1 heterocycles. The second-order valence-corrected chi connectivity index (χ2v) is 7.12. The lowest BCUT2D eigenvalue weighted by atomic mass is 9.92. The molecule has 2 atom stereocenters. The van der Waals surface area contributed by atoms with Gasteiger partial charge in [0.25, 0.3) is 0 Å². The van der Waals surface area contributed by atoms with E-state index in [9.17, 15) is 0 Å². The molecule has 24 heavy (non-hydrogen) atoms. The van der Waals surface area contributed by atoms with Crippen LogP contribution in [0.5, 0.6) is 11.5 Å². The Balaban J connectivity index is 2.19. The molecule has 128 valence electrons. The molecule has 0 fully saturated rings. The van der Waals surface area contributed by atoms with E-state index in [4.69, 9.17) is 9.47 Å². The lowest BCUT2D eigenvalue weighted by molar-refractivity contribution is 0.172. The van der Waals surface area contributed by atoms with Gasteiger partial charge in [0.05, 0.1) is 20.3 Å². The van der Waals surface area contributed by atoms with Crippen LogP contribution in [-0.2, 0) is 6.42 Å². The molecule has 2 aromatic rings. The number of rotatable bonds is 3. The lowest BCUT2D eigenvalue weighted by Crippen LogP contribution is -2.42. The van der Waals surface area contributed by atoms with Crippen molar-refractivity contribution in [1.82, 2.24) is 10.4 Å². The van der Waals surface area contributed by atoms with Crippen LogP contribution < -0.4 is 14.9 Å². The van der Waals surface area contributed by atoms with E-state index < -0.39 is 0 Å². The molecule has 4 nitrogen and oxygen atoms in total. The lowest BCUT2D eigenvalue weighted by Gasteiger charge is -2.29. The largest absolute Gasteiger partial charge is 0.493 e. The van der Waals surface area contributed by atoms with Crippen molar-refractivity contribution < 1.29 is 9.47 Å². The molecule has 0 bridgehead atoms. The van der Waals surface area contributed by atoms with Crippen molar-refractivity contribution in [2.45, 2.75) is 25.4 Å². The van der Waals surface area contributed by atoms with Crippen molar-refractivity contribution in [2.75, 3.05) is 21.3 Å². The van der Waals surface area contributed by atoms with Crippen LogP contribution in [0.15, 0.2) is 40.9 Å². The summed E-state index contributed by atoms with van der Waals surface area (Å²) in [6.07, 6.45) is 0.935. The van der Waals surface area contributed by atoms with Gasteiger partial charge in [-0.1, -0.05) is 28.1 Å². The van der Waals surface area contributed by atoms with E-state index in [1.807, 2.05) is 6.07 Å². The fourth-order valence-electron chi connectivity index (χ4n) is 3.45. The average Bonchev–Trinajstić information content (AvgIpc) is 2.67. The number of nitrogens with zero attached hydrogens (tertiary/aromatic N) is 1. The molecule has 0 amide bonds. The molecule has 2 unspecified atom stereocenters. The van der Waals surface area contributed by atoms with Crippen LogP contribution in [0, 0.1) is 0 Å². The van der Waals surface area contributed by atoms with E-state index in [0.29, 0.717) is 6.04 Å². The number of halogens is 1. The van der Waals surface area contributed by atoms with Crippen LogP contribution in [-0.4, -0.2) is 32.3 Å². The van der Waals surface area contributed by atoms with Crippen molar-refractivity contribution in [2.24, 2.45) is 0 Å². The van der Waals surface area contributed by atoms with E-state index in [-0.39, 0.29) is 6.04 Å². The van der Waals surface area contributed by atoms with Gasteiger partial charge in [-0.15, -0.1) is 0 Å². The van der Waals surface area contributed by atoms with Crippen molar-refractivity contribution in [3.05, 3.63) is 57.6 Å². The summed E-state index contributed by atoms with van der Waals surface area (Å²) in [5, 5.41) is 2.18. The number of benzene rings is 2. The molecule has 0 spiro atoms. The van der Waals surface area contributed by atoms with Gasteiger partial charge in [-0.2, -0.15) is 0 Å². The Morgan fingerprint density at radius 2 is 1.83 bits per heavy atom. The van der Waals surface area contributed by atoms with Crippen LogP contribution in [0.1, 0.15) is 29.7 Å². The van der Waals surface area contributed by atoms with Gasteiger partial charge in [-0.3, -0.25) is 5.43 Å². The number of hydrazine groups is 1. The zero-order valence-electron chi connectivity index (χ0n) is 14.5. The molecule has 0 aromatic heterocycles. The van der Waals surface area contributed by atoms with Gasteiger partial charge in [0, 0.05) is 17.6 Å². The third kappa shape index (κ3) is 3.29. The predicted octanol–water partition coefficient (Wildman–Crippen LogP) is 3.94. The Labute approximate surface area is 151 Å². The summed E-state index contributed by atoms with van der Waals surface area (Å²) < 4.78 is 12.1. The molecule has 0 saturated carbocycles. The van der Waals surface area contributed by atoms with E-state index in [2.05, 4.69) is 70.7 Å². The number of ether oxygens (including phenoxy) is 2. The first-order valence-corrected chi connectivity index (χ1v) is 8.82. The number of nitrogens with one attached hydrogen (secondary N) is 1. The minimum atomic E-state index is 0.0993. The van der Waals surface area contributed by atoms with Gasteiger partial charge < -0.3 is 9.47 Å². The highest BCUT2D eigenvalue weighted by molar-refractivity contribution is 9.10. The normalized spacial score (nSPS) is 21.0. The quantitative estimate of drug-likeness (QED) is 0.860. The summed E-state index contributed by atoms with van der Waals surface area (Å²) >= 11 is 3.59. The van der Waals surface area contributed by atoms with Gasteiger partial charge in [0.15, 0.2) is 11.5 Å². The molecule has 1 aliphatic heterocycles. The number of hydrogen-bond acceptors (Lipinski definition) is 4. The van der Waals surface area contributed by atoms with Crippen LogP contribution in [0.3, 0.4) is 0 Å².